The molecule has 1 aliphatic rings. The minimum absolute atomic E-state index is 0.0428. The number of rotatable bonds is 3. The highest BCUT2D eigenvalue weighted by Gasteiger charge is 2.22. The molecule has 1 saturated carbocycles. The summed E-state index contributed by atoms with van der Waals surface area (Å²) in [5.74, 6) is 0.229. The van der Waals surface area contributed by atoms with Gasteiger partial charge in [0.05, 0.1) is 12.0 Å². The van der Waals surface area contributed by atoms with Gasteiger partial charge in [0.15, 0.2) is 0 Å². The normalized spacial score (nSPS) is 21.3. The van der Waals surface area contributed by atoms with Gasteiger partial charge in [-0.2, -0.15) is 0 Å². The van der Waals surface area contributed by atoms with Crippen LogP contribution in [-0.2, 0) is 9.53 Å². The van der Waals surface area contributed by atoms with Crippen molar-refractivity contribution in [1.82, 2.24) is 0 Å². The molecule has 14 heavy (non-hydrogen) atoms. The smallest absolute Gasteiger partial charge is 0.309 e. The Hall–Kier alpha value is -0.530. The van der Waals surface area contributed by atoms with Gasteiger partial charge in [-0.25, -0.2) is 0 Å². The highest BCUT2D eigenvalue weighted by atomic mass is 16.5. The summed E-state index contributed by atoms with van der Waals surface area (Å²) in [5.41, 5.74) is 0. The number of hydrogen-bond acceptors (Lipinski definition) is 2. The zero-order valence-corrected chi connectivity index (χ0v) is 9.42. The van der Waals surface area contributed by atoms with Crippen molar-refractivity contribution >= 4 is 5.97 Å². The highest BCUT2D eigenvalue weighted by molar-refractivity contribution is 5.72. The average Bonchev–Trinajstić information content (AvgIpc) is 2.45. The lowest BCUT2D eigenvalue weighted by atomic mass is 10.0. The van der Waals surface area contributed by atoms with Gasteiger partial charge in [-0.05, 0) is 26.2 Å². The van der Waals surface area contributed by atoms with Crippen LogP contribution in [0.2, 0.25) is 0 Å². The Bertz CT molecular complexity index is 169. The SMILES string of the molecule is CC[C@H](C)OC(=O)C1CCCCCC1. The molecule has 0 heterocycles. The van der Waals surface area contributed by atoms with Crippen LogP contribution < -0.4 is 0 Å². The molecule has 0 saturated heterocycles. The Morgan fingerprint density at radius 1 is 1.29 bits per heavy atom. The van der Waals surface area contributed by atoms with E-state index >= 15 is 0 Å². The van der Waals surface area contributed by atoms with Crippen LogP contribution in [0.1, 0.15) is 58.8 Å². The third-order valence-corrected chi connectivity index (χ3v) is 3.08. The van der Waals surface area contributed by atoms with Crippen LogP contribution in [0.4, 0.5) is 0 Å². The molecule has 82 valence electrons. The molecule has 0 spiro atoms. The predicted molar refractivity (Wildman–Crippen MR) is 57.0 cm³/mol. The van der Waals surface area contributed by atoms with Crippen molar-refractivity contribution in [3.05, 3.63) is 0 Å². The monoisotopic (exact) mass is 198 g/mol. The van der Waals surface area contributed by atoms with Crippen molar-refractivity contribution in [2.45, 2.75) is 64.9 Å². The van der Waals surface area contributed by atoms with Crippen LogP contribution in [0.3, 0.4) is 0 Å². The van der Waals surface area contributed by atoms with Crippen LogP contribution >= 0.6 is 0 Å². The highest BCUT2D eigenvalue weighted by Crippen LogP contribution is 2.24. The lowest BCUT2D eigenvalue weighted by Gasteiger charge is -2.16. The summed E-state index contributed by atoms with van der Waals surface area (Å²) in [6.07, 6.45) is 8.04. The molecule has 0 radical (unpaired) electrons. The Morgan fingerprint density at radius 2 is 1.86 bits per heavy atom. The summed E-state index contributed by atoms with van der Waals surface area (Å²) in [7, 11) is 0. The average molecular weight is 198 g/mol. The van der Waals surface area contributed by atoms with Gasteiger partial charge in [0.25, 0.3) is 0 Å². The summed E-state index contributed by atoms with van der Waals surface area (Å²) < 4.78 is 5.36. The Balaban J connectivity index is 2.34. The third-order valence-electron chi connectivity index (χ3n) is 3.08. The molecule has 2 nitrogen and oxygen atoms in total. The van der Waals surface area contributed by atoms with Gasteiger partial charge in [0.1, 0.15) is 0 Å². The molecule has 0 aliphatic heterocycles. The van der Waals surface area contributed by atoms with Crippen molar-refractivity contribution in [3.8, 4) is 0 Å². The molecule has 0 aromatic rings. The lowest BCUT2D eigenvalue weighted by molar-refractivity contribution is -0.153. The largest absolute Gasteiger partial charge is 0.462 e. The van der Waals surface area contributed by atoms with E-state index in [0.717, 1.165) is 19.3 Å². The fourth-order valence-electron chi connectivity index (χ4n) is 1.89. The topological polar surface area (TPSA) is 26.3 Å². The van der Waals surface area contributed by atoms with Crippen LogP contribution in [0.5, 0.6) is 0 Å². The van der Waals surface area contributed by atoms with E-state index in [1.165, 1.54) is 25.7 Å². The maximum absolute atomic E-state index is 11.7. The van der Waals surface area contributed by atoms with Gasteiger partial charge >= 0.3 is 5.97 Å². The number of carbonyl (C=O) groups is 1. The number of hydrogen-bond donors (Lipinski definition) is 0. The van der Waals surface area contributed by atoms with E-state index < -0.39 is 0 Å². The molecule has 1 atom stereocenters. The molecule has 0 unspecified atom stereocenters. The van der Waals surface area contributed by atoms with Gasteiger partial charge in [-0.3, -0.25) is 4.79 Å². The number of carbonyl (C=O) groups excluding carboxylic acids is 1. The molecule has 0 aromatic carbocycles. The van der Waals surface area contributed by atoms with Crippen LogP contribution in [-0.4, -0.2) is 12.1 Å². The van der Waals surface area contributed by atoms with E-state index in [9.17, 15) is 4.79 Å². The van der Waals surface area contributed by atoms with Gasteiger partial charge in [-0.1, -0.05) is 32.6 Å². The van der Waals surface area contributed by atoms with E-state index in [1.807, 2.05) is 13.8 Å². The van der Waals surface area contributed by atoms with E-state index in [2.05, 4.69) is 0 Å². The third kappa shape index (κ3) is 3.69. The zero-order valence-electron chi connectivity index (χ0n) is 9.42. The minimum atomic E-state index is 0.0428. The van der Waals surface area contributed by atoms with Crippen molar-refractivity contribution < 1.29 is 9.53 Å². The summed E-state index contributed by atoms with van der Waals surface area (Å²) in [6, 6.07) is 0. The predicted octanol–water partition coefficient (Wildman–Crippen LogP) is 3.30. The van der Waals surface area contributed by atoms with Gasteiger partial charge in [0.2, 0.25) is 0 Å². The molecule has 1 aliphatic carbocycles. The second-order valence-corrected chi connectivity index (χ2v) is 4.34. The van der Waals surface area contributed by atoms with Crippen molar-refractivity contribution in [2.24, 2.45) is 5.92 Å². The first kappa shape index (κ1) is 11.5. The summed E-state index contributed by atoms with van der Waals surface area (Å²) >= 11 is 0. The molecule has 2 heteroatoms. The Labute approximate surface area is 87.0 Å². The maximum Gasteiger partial charge on any atom is 0.309 e. The first-order valence-corrected chi connectivity index (χ1v) is 5.94. The minimum Gasteiger partial charge on any atom is -0.462 e. The Kier molecular flexibility index (Phi) is 4.99. The van der Waals surface area contributed by atoms with E-state index in [0.29, 0.717) is 0 Å². The van der Waals surface area contributed by atoms with Gasteiger partial charge in [-0.15, -0.1) is 0 Å². The van der Waals surface area contributed by atoms with Crippen LogP contribution in [0, 0.1) is 5.92 Å². The van der Waals surface area contributed by atoms with Crippen molar-refractivity contribution in [3.63, 3.8) is 0 Å². The molecule has 0 N–H and O–H groups in total. The second-order valence-electron chi connectivity index (χ2n) is 4.34. The fraction of sp³-hybridized carbons (Fsp3) is 0.917. The number of ether oxygens (including phenoxy) is 1. The molecule has 1 rings (SSSR count). The van der Waals surface area contributed by atoms with E-state index in [1.54, 1.807) is 0 Å². The second kappa shape index (κ2) is 6.05. The van der Waals surface area contributed by atoms with Gasteiger partial charge < -0.3 is 4.74 Å². The zero-order chi connectivity index (χ0) is 10.4. The molecule has 0 amide bonds. The quantitative estimate of drug-likeness (QED) is 0.514. The molecular weight excluding hydrogens is 176 g/mol. The van der Waals surface area contributed by atoms with Crippen molar-refractivity contribution in [2.75, 3.05) is 0 Å². The molecular formula is C12H22O2. The van der Waals surface area contributed by atoms with Crippen LogP contribution in [0.15, 0.2) is 0 Å². The van der Waals surface area contributed by atoms with Crippen molar-refractivity contribution in [1.29, 1.82) is 0 Å². The van der Waals surface area contributed by atoms with E-state index in [4.69, 9.17) is 4.74 Å². The molecule has 0 bridgehead atoms. The standard InChI is InChI=1S/C12H22O2/c1-3-10(2)14-12(13)11-8-6-4-5-7-9-11/h10-11H,3-9H2,1-2H3/t10-/m0/s1. The Morgan fingerprint density at radius 3 is 2.36 bits per heavy atom. The maximum atomic E-state index is 11.7. The number of esters is 1. The van der Waals surface area contributed by atoms with Crippen LogP contribution in [0.25, 0.3) is 0 Å². The first-order chi connectivity index (χ1) is 6.74. The summed E-state index contributed by atoms with van der Waals surface area (Å²) in [4.78, 5) is 11.7. The van der Waals surface area contributed by atoms with Gasteiger partial charge in [0, 0.05) is 0 Å². The van der Waals surface area contributed by atoms with E-state index in [-0.39, 0.29) is 18.0 Å². The summed E-state index contributed by atoms with van der Waals surface area (Å²) in [6.45, 7) is 4.01. The summed E-state index contributed by atoms with van der Waals surface area (Å²) in [5, 5.41) is 0. The molecule has 0 aromatic heterocycles. The lowest BCUT2D eigenvalue weighted by Crippen LogP contribution is -2.21. The first-order valence-electron chi connectivity index (χ1n) is 5.94. The molecule has 1 fully saturated rings. The fourth-order valence-corrected chi connectivity index (χ4v) is 1.89.